The Morgan fingerprint density at radius 1 is 1.24 bits per heavy atom. The molecule has 0 aliphatic heterocycles. The summed E-state index contributed by atoms with van der Waals surface area (Å²) < 4.78 is 13.4. The lowest BCUT2D eigenvalue weighted by atomic mass is 9.87. The molecule has 2 aromatic carbocycles. The van der Waals surface area contributed by atoms with Gasteiger partial charge < -0.3 is 5.32 Å². The fourth-order valence-corrected chi connectivity index (χ4v) is 3.02. The van der Waals surface area contributed by atoms with Crippen molar-refractivity contribution in [3.63, 3.8) is 0 Å². The summed E-state index contributed by atoms with van der Waals surface area (Å²) in [5.74, 6) is -0.352. The molecule has 1 aliphatic rings. The van der Waals surface area contributed by atoms with Gasteiger partial charge in [0.25, 0.3) is 0 Å². The molecule has 2 aromatic rings. The van der Waals surface area contributed by atoms with Crippen LogP contribution in [0.2, 0.25) is 0 Å². The minimum Gasteiger partial charge on any atom is -0.306 e. The van der Waals surface area contributed by atoms with Crippen molar-refractivity contribution in [2.75, 3.05) is 0 Å². The molecule has 106 valence electrons. The van der Waals surface area contributed by atoms with Crippen LogP contribution >= 0.6 is 0 Å². The third-order valence-corrected chi connectivity index (χ3v) is 4.01. The maximum Gasteiger partial charge on any atom is 0.124 e. The van der Waals surface area contributed by atoms with E-state index in [-0.39, 0.29) is 5.82 Å². The molecule has 1 aliphatic carbocycles. The molecule has 1 unspecified atom stereocenters. The van der Waals surface area contributed by atoms with E-state index in [1.807, 2.05) is 6.07 Å². The highest BCUT2D eigenvalue weighted by Gasteiger charge is 2.19. The van der Waals surface area contributed by atoms with Gasteiger partial charge in [0, 0.05) is 12.6 Å². The van der Waals surface area contributed by atoms with Gasteiger partial charge in [-0.25, -0.2) is 4.39 Å². The van der Waals surface area contributed by atoms with Gasteiger partial charge in [-0.2, -0.15) is 5.26 Å². The SMILES string of the molecule is N#Cc1cc(F)cc(CNC2CCCc3ccccc32)c1. The van der Waals surface area contributed by atoms with Crippen molar-refractivity contribution in [1.82, 2.24) is 5.32 Å². The molecule has 0 radical (unpaired) electrons. The van der Waals surface area contributed by atoms with Gasteiger partial charge in [-0.15, -0.1) is 0 Å². The molecule has 21 heavy (non-hydrogen) atoms. The second-order valence-corrected chi connectivity index (χ2v) is 5.48. The van der Waals surface area contributed by atoms with Gasteiger partial charge in [0.05, 0.1) is 11.6 Å². The molecule has 1 N–H and O–H groups in total. The van der Waals surface area contributed by atoms with Crippen molar-refractivity contribution >= 4 is 0 Å². The van der Waals surface area contributed by atoms with Crippen LogP contribution in [0, 0.1) is 17.1 Å². The number of nitrogens with one attached hydrogen (secondary N) is 1. The Balaban J connectivity index is 1.74. The standard InChI is InChI=1S/C18H17FN2/c19-16-9-13(11-20)8-14(10-16)12-21-18-7-3-5-15-4-1-2-6-17(15)18/h1-2,4,6,8-10,18,21H,3,5,7,12H2. The number of nitriles is 1. The van der Waals surface area contributed by atoms with Crippen molar-refractivity contribution in [2.45, 2.75) is 31.8 Å². The summed E-state index contributed by atoms with van der Waals surface area (Å²) in [6, 6.07) is 15.3. The summed E-state index contributed by atoms with van der Waals surface area (Å²) in [4.78, 5) is 0. The van der Waals surface area contributed by atoms with Crippen LogP contribution in [-0.4, -0.2) is 0 Å². The van der Waals surface area contributed by atoms with Gasteiger partial charge >= 0.3 is 0 Å². The third kappa shape index (κ3) is 3.12. The highest BCUT2D eigenvalue weighted by Crippen LogP contribution is 2.29. The van der Waals surface area contributed by atoms with Gasteiger partial charge in [-0.3, -0.25) is 0 Å². The number of benzene rings is 2. The first-order valence-electron chi connectivity index (χ1n) is 7.27. The van der Waals surface area contributed by atoms with Crippen molar-refractivity contribution < 1.29 is 4.39 Å². The summed E-state index contributed by atoms with van der Waals surface area (Å²) >= 11 is 0. The first-order valence-corrected chi connectivity index (χ1v) is 7.27. The number of aryl methyl sites for hydroxylation is 1. The van der Waals surface area contributed by atoms with Crippen LogP contribution in [0.15, 0.2) is 42.5 Å². The zero-order valence-corrected chi connectivity index (χ0v) is 11.8. The Morgan fingerprint density at radius 2 is 2.10 bits per heavy atom. The molecule has 2 nitrogen and oxygen atoms in total. The lowest BCUT2D eigenvalue weighted by molar-refractivity contribution is 0.458. The van der Waals surface area contributed by atoms with E-state index < -0.39 is 0 Å². The van der Waals surface area contributed by atoms with Crippen molar-refractivity contribution in [2.24, 2.45) is 0 Å². The van der Waals surface area contributed by atoms with Crippen molar-refractivity contribution in [3.8, 4) is 6.07 Å². The summed E-state index contributed by atoms with van der Waals surface area (Å²) in [7, 11) is 0. The number of halogens is 1. The molecule has 0 saturated heterocycles. The summed E-state index contributed by atoms with van der Waals surface area (Å²) in [6.45, 7) is 0.575. The number of nitrogens with zero attached hydrogens (tertiary/aromatic N) is 1. The topological polar surface area (TPSA) is 35.8 Å². The Kier molecular flexibility index (Phi) is 3.98. The van der Waals surface area contributed by atoms with Crippen LogP contribution in [0.5, 0.6) is 0 Å². The molecule has 0 amide bonds. The molecule has 0 aromatic heterocycles. The van der Waals surface area contributed by atoms with Gasteiger partial charge in [-0.1, -0.05) is 24.3 Å². The minimum absolute atomic E-state index is 0.309. The smallest absolute Gasteiger partial charge is 0.124 e. The number of hydrogen-bond acceptors (Lipinski definition) is 2. The lowest BCUT2D eigenvalue weighted by Crippen LogP contribution is -2.24. The quantitative estimate of drug-likeness (QED) is 0.926. The van der Waals surface area contributed by atoms with Crippen LogP contribution in [0.1, 0.15) is 41.1 Å². The molecule has 3 rings (SSSR count). The highest BCUT2D eigenvalue weighted by molar-refractivity contribution is 5.35. The third-order valence-electron chi connectivity index (χ3n) is 4.01. The summed E-state index contributed by atoms with van der Waals surface area (Å²) in [5, 5.41) is 12.4. The molecule has 0 fully saturated rings. The molecular weight excluding hydrogens is 263 g/mol. The molecule has 3 heteroatoms. The molecule has 0 saturated carbocycles. The van der Waals surface area contributed by atoms with Gasteiger partial charge in [0.15, 0.2) is 0 Å². The molecule has 0 bridgehead atoms. The highest BCUT2D eigenvalue weighted by atomic mass is 19.1. The first-order chi connectivity index (χ1) is 10.3. The van der Waals surface area contributed by atoms with Crippen LogP contribution in [0.4, 0.5) is 4.39 Å². The second kappa shape index (κ2) is 6.07. The zero-order chi connectivity index (χ0) is 14.7. The molecular formula is C18H17FN2. The number of fused-ring (bicyclic) bond motifs is 1. The van der Waals surface area contributed by atoms with Gasteiger partial charge in [0.2, 0.25) is 0 Å². The first kappa shape index (κ1) is 13.8. The Labute approximate surface area is 124 Å². The summed E-state index contributed by atoms with van der Waals surface area (Å²) in [6.07, 6.45) is 3.39. The van der Waals surface area contributed by atoms with Crippen molar-refractivity contribution in [3.05, 3.63) is 70.5 Å². The fraction of sp³-hybridized carbons (Fsp3) is 0.278. The van der Waals surface area contributed by atoms with Crippen LogP contribution in [0.25, 0.3) is 0 Å². The van der Waals surface area contributed by atoms with E-state index in [0.717, 1.165) is 18.4 Å². The van der Waals surface area contributed by atoms with E-state index in [0.29, 0.717) is 18.2 Å². The lowest BCUT2D eigenvalue weighted by Gasteiger charge is -2.26. The van der Waals surface area contributed by atoms with Gasteiger partial charge in [0.1, 0.15) is 5.82 Å². The number of hydrogen-bond donors (Lipinski definition) is 1. The van der Waals surface area contributed by atoms with Crippen LogP contribution < -0.4 is 5.32 Å². The van der Waals surface area contributed by atoms with E-state index >= 15 is 0 Å². The van der Waals surface area contributed by atoms with E-state index in [4.69, 9.17) is 5.26 Å². The average Bonchev–Trinajstić information content (AvgIpc) is 2.52. The van der Waals surface area contributed by atoms with E-state index in [2.05, 4.69) is 29.6 Å². The molecule has 0 heterocycles. The predicted molar refractivity (Wildman–Crippen MR) is 80.1 cm³/mol. The number of rotatable bonds is 3. The molecule has 0 spiro atoms. The maximum absolute atomic E-state index is 13.4. The van der Waals surface area contributed by atoms with Gasteiger partial charge in [-0.05, 0) is 54.2 Å². The van der Waals surface area contributed by atoms with Crippen molar-refractivity contribution in [1.29, 1.82) is 5.26 Å². The largest absolute Gasteiger partial charge is 0.306 e. The zero-order valence-electron chi connectivity index (χ0n) is 11.8. The van der Waals surface area contributed by atoms with E-state index in [1.165, 1.54) is 29.7 Å². The van der Waals surface area contributed by atoms with E-state index in [9.17, 15) is 4.39 Å². The summed E-state index contributed by atoms with van der Waals surface area (Å²) in [5.41, 5.74) is 3.93. The Bertz CT molecular complexity index is 688. The minimum atomic E-state index is -0.352. The van der Waals surface area contributed by atoms with Crippen LogP contribution in [0.3, 0.4) is 0 Å². The Morgan fingerprint density at radius 3 is 2.95 bits per heavy atom. The van der Waals surface area contributed by atoms with Crippen LogP contribution in [-0.2, 0) is 13.0 Å². The monoisotopic (exact) mass is 280 g/mol. The average molecular weight is 280 g/mol. The Hall–Kier alpha value is -2.18. The second-order valence-electron chi connectivity index (χ2n) is 5.48. The fourth-order valence-electron chi connectivity index (χ4n) is 3.02. The van der Waals surface area contributed by atoms with E-state index in [1.54, 1.807) is 6.07 Å². The predicted octanol–water partition coefficient (Wildman–Crippen LogP) is 3.86. The maximum atomic E-state index is 13.4. The molecule has 1 atom stereocenters. The normalized spacial score (nSPS) is 17.0.